The van der Waals surface area contributed by atoms with Gasteiger partial charge in [0.25, 0.3) is 5.91 Å². The number of para-hydroxylation sites is 1. The number of nitrogens with zero attached hydrogens (tertiary/aromatic N) is 1. The summed E-state index contributed by atoms with van der Waals surface area (Å²) in [4.78, 5) is 28.3. The van der Waals surface area contributed by atoms with Crippen LogP contribution in [0.5, 0.6) is 11.5 Å². The molecule has 1 aliphatic heterocycles. The van der Waals surface area contributed by atoms with Crippen LogP contribution in [-0.2, 0) is 4.79 Å². The predicted octanol–water partition coefficient (Wildman–Crippen LogP) is 5.23. The fourth-order valence-corrected chi connectivity index (χ4v) is 4.24. The van der Waals surface area contributed by atoms with Crippen LogP contribution in [0.15, 0.2) is 94.6 Å². The number of methoxy groups -OCH3 is 2. The van der Waals surface area contributed by atoms with Gasteiger partial charge in [0, 0.05) is 11.1 Å². The third-order valence-corrected chi connectivity index (χ3v) is 5.87. The normalized spacial score (nSPS) is 15.8. The van der Waals surface area contributed by atoms with Crippen LogP contribution < -0.4 is 14.4 Å². The van der Waals surface area contributed by atoms with Gasteiger partial charge in [-0.25, -0.2) is 0 Å². The summed E-state index contributed by atoms with van der Waals surface area (Å²) in [5, 5.41) is 11.6. The van der Waals surface area contributed by atoms with Crippen LogP contribution >= 0.6 is 0 Å². The minimum absolute atomic E-state index is 0.00589. The molecular formula is C27H21NO6. The number of aliphatic hydroxyl groups excluding tert-OH is 1. The molecule has 7 nitrogen and oxygen atoms in total. The van der Waals surface area contributed by atoms with Gasteiger partial charge in [-0.3, -0.25) is 14.5 Å². The van der Waals surface area contributed by atoms with Gasteiger partial charge in [-0.15, -0.1) is 0 Å². The Hall–Kier alpha value is -4.52. The molecule has 4 aromatic rings. The average Bonchev–Trinajstić information content (AvgIpc) is 3.43. The second kappa shape index (κ2) is 8.44. The molecule has 1 N–H and O–H groups in total. The molecule has 0 spiro atoms. The lowest BCUT2D eigenvalue weighted by Gasteiger charge is -2.26. The third kappa shape index (κ3) is 3.38. The van der Waals surface area contributed by atoms with Crippen molar-refractivity contribution in [2.45, 2.75) is 6.04 Å². The van der Waals surface area contributed by atoms with Crippen LogP contribution in [0.4, 0.5) is 5.69 Å². The van der Waals surface area contributed by atoms with Gasteiger partial charge in [-0.05, 0) is 42.0 Å². The summed E-state index contributed by atoms with van der Waals surface area (Å²) in [6.45, 7) is 0. The first kappa shape index (κ1) is 21.3. The average molecular weight is 455 g/mol. The smallest absolute Gasteiger partial charge is 0.294 e. The van der Waals surface area contributed by atoms with Crippen molar-refractivity contribution in [2.24, 2.45) is 0 Å². The van der Waals surface area contributed by atoms with E-state index in [0.29, 0.717) is 33.7 Å². The standard InChI is InChI=1S/C27H21NO6/c1-32-19-13-11-18(12-14-19)28-23(16-7-4-3-5-8-16)22(25(30)27(28)31)24(29)21-15-17-9-6-10-20(33-2)26(17)34-21/h3-15,23,30H,1-2H3. The molecule has 0 radical (unpaired) electrons. The van der Waals surface area contributed by atoms with Gasteiger partial charge in [0.2, 0.25) is 5.78 Å². The highest BCUT2D eigenvalue weighted by atomic mass is 16.5. The zero-order valence-electron chi connectivity index (χ0n) is 18.5. The van der Waals surface area contributed by atoms with E-state index in [2.05, 4.69) is 0 Å². The van der Waals surface area contributed by atoms with Crippen LogP contribution in [0.2, 0.25) is 0 Å². The molecular weight excluding hydrogens is 434 g/mol. The molecule has 34 heavy (non-hydrogen) atoms. The quantitative estimate of drug-likeness (QED) is 0.400. The number of hydrogen-bond donors (Lipinski definition) is 1. The van der Waals surface area contributed by atoms with Crippen LogP contribution in [0.25, 0.3) is 11.0 Å². The number of carbonyl (C=O) groups excluding carboxylic acids is 2. The van der Waals surface area contributed by atoms with Crippen molar-refractivity contribution in [1.82, 2.24) is 0 Å². The number of hydrogen-bond acceptors (Lipinski definition) is 6. The number of amides is 1. The lowest BCUT2D eigenvalue weighted by Crippen LogP contribution is -2.31. The van der Waals surface area contributed by atoms with Crippen LogP contribution in [-0.4, -0.2) is 31.0 Å². The van der Waals surface area contributed by atoms with E-state index in [0.717, 1.165) is 0 Å². The number of ether oxygens (including phenoxy) is 2. The maximum Gasteiger partial charge on any atom is 0.294 e. The third-order valence-electron chi connectivity index (χ3n) is 5.87. The Morgan fingerprint density at radius 2 is 1.68 bits per heavy atom. The second-order valence-electron chi connectivity index (χ2n) is 7.77. The van der Waals surface area contributed by atoms with Gasteiger partial charge in [0.15, 0.2) is 22.9 Å². The van der Waals surface area contributed by atoms with Crippen molar-refractivity contribution < 1.29 is 28.6 Å². The van der Waals surface area contributed by atoms with Gasteiger partial charge in [-0.1, -0.05) is 42.5 Å². The summed E-state index contributed by atoms with van der Waals surface area (Å²) in [6, 6.07) is 22.0. The predicted molar refractivity (Wildman–Crippen MR) is 126 cm³/mol. The first-order valence-electron chi connectivity index (χ1n) is 10.6. The monoisotopic (exact) mass is 455 g/mol. The van der Waals surface area contributed by atoms with E-state index in [4.69, 9.17) is 13.9 Å². The largest absolute Gasteiger partial charge is 0.503 e. The summed E-state index contributed by atoms with van der Waals surface area (Å²) >= 11 is 0. The minimum Gasteiger partial charge on any atom is -0.503 e. The SMILES string of the molecule is COc1ccc(N2C(=O)C(O)=C(C(=O)c3cc4cccc(OC)c4o3)C2c2ccccc2)cc1. The number of aliphatic hydroxyl groups is 1. The lowest BCUT2D eigenvalue weighted by molar-refractivity contribution is -0.117. The molecule has 5 rings (SSSR count). The minimum atomic E-state index is -0.843. The molecule has 1 atom stereocenters. The zero-order valence-corrected chi connectivity index (χ0v) is 18.5. The van der Waals surface area contributed by atoms with Crippen molar-refractivity contribution in [1.29, 1.82) is 0 Å². The molecule has 0 saturated heterocycles. The van der Waals surface area contributed by atoms with Crippen LogP contribution in [0.1, 0.15) is 22.2 Å². The van der Waals surface area contributed by atoms with Crippen LogP contribution in [0.3, 0.4) is 0 Å². The van der Waals surface area contributed by atoms with Crippen molar-refractivity contribution in [3.05, 3.63) is 102 Å². The molecule has 1 amide bonds. The Labute approximate surface area is 195 Å². The number of furan rings is 1. The Kier molecular flexibility index (Phi) is 5.30. The van der Waals surface area contributed by atoms with E-state index in [1.165, 1.54) is 12.0 Å². The number of benzene rings is 3. The van der Waals surface area contributed by atoms with E-state index < -0.39 is 23.5 Å². The van der Waals surface area contributed by atoms with Crippen molar-refractivity contribution >= 4 is 28.3 Å². The molecule has 2 heterocycles. The first-order valence-corrected chi connectivity index (χ1v) is 10.6. The number of Topliss-reactive ketones (excluding diaryl/α,β-unsaturated/α-hetero) is 1. The lowest BCUT2D eigenvalue weighted by atomic mass is 9.95. The van der Waals surface area contributed by atoms with E-state index in [1.807, 2.05) is 30.3 Å². The summed E-state index contributed by atoms with van der Waals surface area (Å²) in [6.07, 6.45) is 0. The Morgan fingerprint density at radius 1 is 0.941 bits per heavy atom. The van der Waals surface area contributed by atoms with Gasteiger partial charge >= 0.3 is 0 Å². The topological polar surface area (TPSA) is 89.2 Å². The number of ketones is 1. The Bertz CT molecular complexity index is 1420. The summed E-state index contributed by atoms with van der Waals surface area (Å²) in [7, 11) is 3.07. The van der Waals surface area contributed by atoms with Crippen molar-refractivity contribution in [3.8, 4) is 11.5 Å². The molecule has 0 fully saturated rings. The number of carbonyl (C=O) groups is 2. The first-order chi connectivity index (χ1) is 16.5. The Morgan fingerprint density at radius 3 is 2.35 bits per heavy atom. The van der Waals surface area contributed by atoms with E-state index in [-0.39, 0.29) is 11.3 Å². The van der Waals surface area contributed by atoms with Crippen molar-refractivity contribution in [3.63, 3.8) is 0 Å². The van der Waals surface area contributed by atoms with E-state index in [1.54, 1.807) is 55.6 Å². The summed E-state index contributed by atoms with van der Waals surface area (Å²) < 4.78 is 16.4. The zero-order chi connectivity index (χ0) is 23.8. The molecule has 0 bridgehead atoms. The highest BCUT2D eigenvalue weighted by Crippen LogP contribution is 2.43. The van der Waals surface area contributed by atoms with Gasteiger partial charge in [0.05, 0.1) is 25.8 Å². The van der Waals surface area contributed by atoms with E-state index in [9.17, 15) is 14.7 Å². The summed E-state index contributed by atoms with van der Waals surface area (Å²) in [5.41, 5.74) is 1.55. The highest BCUT2D eigenvalue weighted by Gasteiger charge is 2.45. The maximum atomic E-state index is 13.7. The molecule has 1 aromatic heterocycles. The molecule has 7 heteroatoms. The highest BCUT2D eigenvalue weighted by molar-refractivity contribution is 6.20. The maximum absolute atomic E-state index is 13.7. The number of rotatable bonds is 6. The molecule has 3 aromatic carbocycles. The molecule has 1 unspecified atom stereocenters. The number of anilines is 1. The van der Waals surface area contributed by atoms with Crippen molar-refractivity contribution in [2.75, 3.05) is 19.1 Å². The van der Waals surface area contributed by atoms with Gasteiger partial charge < -0.3 is 19.0 Å². The molecule has 1 aliphatic rings. The van der Waals surface area contributed by atoms with E-state index >= 15 is 0 Å². The van der Waals surface area contributed by atoms with Gasteiger partial charge in [-0.2, -0.15) is 0 Å². The summed E-state index contributed by atoms with van der Waals surface area (Å²) in [5.74, 6) is -0.744. The van der Waals surface area contributed by atoms with Gasteiger partial charge in [0.1, 0.15) is 5.75 Å². The number of fused-ring (bicyclic) bond motifs is 1. The molecule has 170 valence electrons. The molecule has 0 aliphatic carbocycles. The Balaban J connectivity index is 1.64. The fourth-order valence-electron chi connectivity index (χ4n) is 4.24. The molecule has 0 saturated carbocycles. The second-order valence-corrected chi connectivity index (χ2v) is 7.77. The fraction of sp³-hybridized carbons (Fsp3) is 0.111. The van der Waals surface area contributed by atoms with Crippen LogP contribution in [0, 0.1) is 0 Å².